The molecule has 1 N–H and O–H groups in total. The lowest BCUT2D eigenvalue weighted by Crippen LogP contribution is -2.54. The molecule has 2 aromatic rings. The van der Waals surface area contributed by atoms with Crippen molar-refractivity contribution in [2.75, 3.05) is 37.5 Å². The summed E-state index contributed by atoms with van der Waals surface area (Å²) in [6, 6.07) is 5.46. The molecule has 1 aromatic heterocycles. The maximum atomic E-state index is 12.5. The Bertz CT molecular complexity index is 1020. The Morgan fingerprint density at radius 3 is 2.65 bits per heavy atom. The maximum Gasteiger partial charge on any atom is 0.253 e. The van der Waals surface area contributed by atoms with Crippen molar-refractivity contribution in [3.8, 4) is 5.75 Å². The lowest BCUT2D eigenvalue weighted by molar-refractivity contribution is -0.126. The first-order chi connectivity index (χ1) is 16.2. The lowest BCUT2D eigenvalue weighted by Gasteiger charge is -2.36. The zero-order valence-corrected chi connectivity index (χ0v) is 19.6. The fourth-order valence-electron chi connectivity index (χ4n) is 3.91. The Kier molecular flexibility index (Phi) is 8.46. The summed E-state index contributed by atoms with van der Waals surface area (Å²) in [5, 5.41) is 10.8. The number of carbonyl (C=O) groups is 2. The Hall–Kier alpha value is -3.18. The van der Waals surface area contributed by atoms with Gasteiger partial charge >= 0.3 is 0 Å². The Labute approximate surface area is 197 Å². The van der Waals surface area contributed by atoms with Gasteiger partial charge in [0.25, 0.3) is 5.91 Å². The third-order valence-corrected chi connectivity index (χ3v) is 5.51. The van der Waals surface area contributed by atoms with Gasteiger partial charge in [-0.3, -0.25) is 19.4 Å². The van der Waals surface area contributed by atoms with E-state index < -0.39 is 17.7 Å². The van der Waals surface area contributed by atoms with Crippen LogP contribution in [0.4, 0.5) is 20.3 Å². The van der Waals surface area contributed by atoms with E-state index in [4.69, 9.17) is 4.74 Å². The fraction of sp³-hybridized carbons (Fsp3) is 0.478. The van der Waals surface area contributed by atoms with E-state index in [0.29, 0.717) is 24.5 Å². The quantitative estimate of drug-likeness (QED) is 0.723. The number of nitrogens with zero attached hydrogens (tertiary/aromatic N) is 4. The highest BCUT2D eigenvalue weighted by atomic mass is 19.2. The van der Waals surface area contributed by atoms with Crippen LogP contribution in [0.3, 0.4) is 0 Å². The minimum atomic E-state index is -0.940. The molecule has 0 spiro atoms. The van der Waals surface area contributed by atoms with Crippen molar-refractivity contribution in [2.24, 2.45) is 0 Å². The molecule has 2 amide bonds. The second-order valence-corrected chi connectivity index (χ2v) is 8.37. The van der Waals surface area contributed by atoms with Gasteiger partial charge in [-0.2, -0.15) is 9.49 Å². The largest absolute Gasteiger partial charge is 0.494 e. The number of nitrogens with one attached hydrogen (secondary N) is 1. The predicted octanol–water partition coefficient (Wildman–Crippen LogP) is 2.62. The van der Waals surface area contributed by atoms with Crippen LogP contribution >= 0.6 is 0 Å². The van der Waals surface area contributed by atoms with E-state index in [1.165, 1.54) is 25.4 Å². The van der Waals surface area contributed by atoms with E-state index in [9.17, 15) is 18.4 Å². The summed E-state index contributed by atoms with van der Waals surface area (Å²) in [6.07, 6.45) is 2.75. The number of aromatic nitrogens is 2. The minimum Gasteiger partial charge on any atom is -0.494 e. The van der Waals surface area contributed by atoms with E-state index in [0.717, 1.165) is 19.0 Å². The van der Waals surface area contributed by atoms with Gasteiger partial charge < -0.3 is 14.8 Å². The maximum absolute atomic E-state index is 12.5. The van der Waals surface area contributed by atoms with Gasteiger partial charge in [-0.05, 0) is 45.9 Å². The zero-order valence-electron chi connectivity index (χ0n) is 19.6. The molecule has 2 fully saturated rings. The number of halogens is 2. The van der Waals surface area contributed by atoms with Crippen LogP contribution in [0.5, 0.6) is 5.75 Å². The zero-order chi connectivity index (χ0) is 24.8. The molecule has 2 aliphatic heterocycles. The van der Waals surface area contributed by atoms with Crippen molar-refractivity contribution in [1.82, 2.24) is 15.1 Å². The van der Waals surface area contributed by atoms with Gasteiger partial charge in [-0.15, -0.1) is 5.10 Å². The summed E-state index contributed by atoms with van der Waals surface area (Å²) >= 11 is 0. The Morgan fingerprint density at radius 2 is 2.03 bits per heavy atom. The second kappa shape index (κ2) is 11.3. The van der Waals surface area contributed by atoms with Gasteiger partial charge in [0.1, 0.15) is 6.10 Å². The molecule has 0 saturated carbocycles. The number of hydrogen-bond acceptors (Lipinski definition) is 7. The monoisotopic (exact) mass is 477 g/mol. The van der Waals surface area contributed by atoms with Crippen molar-refractivity contribution in [1.29, 1.82) is 0 Å². The number of methoxy groups -OCH3 is 1. The first-order valence-corrected chi connectivity index (χ1v) is 11.0. The predicted molar refractivity (Wildman–Crippen MR) is 122 cm³/mol. The molecule has 4 rings (SSSR count). The Balaban J connectivity index is 0.000000271. The molecular formula is C23H29F2N5O4. The number of anilines is 2. The van der Waals surface area contributed by atoms with Gasteiger partial charge in [-0.1, -0.05) is 6.07 Å². The molecule has 2 saturated heterocycles. The smallest absolute Gasteiger partial charge is 0.253 e. The molecule has 0 radical (unpaired) electrons. The van der Waals surface area contributed by atoms with Crippen molar-refractivity contribution >= 4 is 23.3 Å². The van der Waals surface area contributed by atoms with Gasteiger partial charge in [0.05, 0.1) is 31.6 Å². The van der Waals surface area contributed by atoms with Gasteiger partial charge in [0.15, 0.2) is 17.4 Å². The second-order valence-electron chi connectivity index (χ2n) is 8.37. The number of piperazine rings is 1. The molecule has 9 nitrogen and oxygen atoms in total. The normalized spacial score (nSPS) is 22.7. The van der Waals surface area contributed by atoms with E-state index in [1.807, 2.05) is 25.8 Å². The van der Waals surface area contributed by atoms with Crippen LogP contribution in [-0.4, -0.2) is 72.4 Å². The summed E-state index contributed by atoms with van der Waals surface area (Å²) in [4.78, 5) is 28.2. The number of benzene rings is 1. The Morgan fingerprint density at radius 1 is 1.26 bits per heavy atom. The summed E-state index contributed by atoms with van der Waals surface area (Å²) in [5.74, 6) is -1.65. The first kappa shape index (κ1) is 25.4. The molecule has 11 heteroatoms. The average Bonchev–Trinajstić information content (AvgIpc) is 3.22. The van der Waals surface area contributed by atoms with E-state index >= 15 is 0 Å². The van der Waals surface area contributed by atoms with Crippen LogP contribution in [0, 0.1) is 11.6 Å². The van der Waals surface area contributed by atoms with Crippen LogP contribution in [0.25, 0.3) is 0 Å². The summed E-state index contributed by atoms with van der Waals surface area (Å²) in [7, 11) is 3.20. The third-order valence-electron chi connectivity index (χ3n) is 5.51. The molecular weight excluding hydrogens is 448 g/mol. The summed E-state index contributed by atoms with van der Waals surface area (Å²) < 4.78 is 34.9. The van der Waals surface area contributed by atoms with Crippen LogP contribution < -0.4 is 15.0 Å². The van der Waals surface area contributed by atoms with Gasteiger partial charge in [0, 0.05) is 18.7 Å². The molecule has 3 heterocycles. The summed E-state index contributed by atoms with van der Waals surface area (Å²) in [5.41, 5.74) is 0.520. The third kappa shape index (κ3) is 6.23. The minimum absolute atomic E-state index is 0.00415. The molecule has 0 aliphatic carbocycles. The average molecular weight is 478 g/mol. The van der Waals surface area contributed by atoms with E-state index in [2.05, 4.69) is 20.3 Å². The number of ether oxygens (including phenoxy) is 2. The molecule has 3 unspecified atom stereocenters. The van der Waals surface area contributed by atoms with Crippen LogP contribution in [-0.2, 0) is 14.3 Å². The lowest BCUT2D eigenvalue weighted by atomic mass is 10.2. The fourth-order valence-corrected chi connectivity index (χ4v) is 3.91. The van der Waals surface area contributed by atoms with Crippen molar-refractivity contribution in [2.45, 2.75) is 44.9 Å². The van der Waals surface area contributed by atoms with E-state index in [1.54, 1.807) is 11.0 Å². The highest BCUT2D eigenvalue weighted by molar-refractivity contribution is 5.97. The highest BCUT2D eigenvalue weighted by Crippen LogP contribution is 2.23. The number of hydrogen-bond donors (Lipinski definition) is 1. The number of likely N-dealkylation sites (N-methyl/N-ethyl adjacent to an activating group) is 1. The summed E-state index contributed by atoms with van der Waals surface area (Å²) in [6.45, 7) is 5.03. The molecule has 0 bridgehead atoms. The molecule has 2 aliphatic rings. The van der Waals surface area contributed by atoms with Gasteiger partial charge in [-0.25, -0.2) is 4.39 Å². The molecule has 184 valence electrons. The molecule has 34 heavy (non-hydrogen) atoms. The molecule has 1 aromatic carbocycles. The van der Waals surface area contributed by atoms with E-state index in [-0.39, 0.29) is 29.7 Å². The number of rotatable bonds is 4. The molecule has 3 atom stereocenters. The number of amides is 2. The van der Waals surface area contributed by atoms with Crippen LogP contribution in [0.2, 0.25) is 0 Å². The van der Waals surface area contributed by atoms with Crippen molar-refractivity contribution < 1.29 is 27.8 Å². The van der Waals surface area contributed by atoms with Crippen LogP contribution in [0.1, 0.15) is 26.7 Å². The topological polar surface area (TPSA) is 96.9 Å². The van der Waals surface area contributed by atoms with Gasteiger partial charge in [0.2, 0.25) is 11.7 Å². The van der Waals surface area contributed by atoms with Crippen molar-refractivity contribution in [3.05, 3.63) is 42.1 Å². The SMILES string of the molecule is CC1CCC(C(=O)Nc2cnnc(N3C(=O)CN(C)CC3C)c2)O1.COc1cccc(F)c1F. The number of carbonyl (C=O) groups excluding carboxylic acids is 2. The van der Waals surface area contributed by atoms with Crippen molar-refractivity contribution in [3.63, 3.8) is 0 Å². The van der Waals surface area contributed by atoms with Crippen LogP contribution in [0.15, 0.2) is 30.5 Å². The first-order valence-electron chi connectivity index (χ1n) is 11.0. The standard InChI is InChI=1S/C16H23N5O3.C7H6F2O/c1-10-8-20(3)9-15(22)21(10)14-6-12(7-17-19-14)18-16(23)13-5-4-11(2)24-13;1-10-6-4-2-3-5(8)7(6)9/h6-7,10-11,13H,4-5,8-9H2,1-3H3,(H,18,19,23);2-4H,1H3. The highest BCUT2D eigenvalue weighted by Gasteiger charge is 2.31.